The highest BCUT2D eigenvalue weighted by atomic mass is 16.3. The van der Waals surface area contributed by atoms with Gasteiger partial charge in [-0.2, -0.15) is 0 Å². The van der Waals surface area contributed by atoms with Gasteiger partial charge in [-0.15, -0.1) is 0 Å². The van der Waals surface area contributed by atoms with Crippen LogP contribution >= 0.6 is 0 Å². The lowest BCUT2D eigenvalue weighted by atomic mass is 10.1. The van der Waals surface area contributed by atoms with Crippen molar-refractivity contribution < 1.29 is 9.90 Å². The van der Waals surface area contributed by atoms with Gasteiger partial charge in [0.15, 0.2) is 0 Å². The Kier molecular flexibility index (Phi) is 3.49. The SMILES string of the molecule is Cn1ccc(C(=O)NC(C)(C)CO)cc1=O. The summed E-state index contributed by atoms with van der Waals surface area (Å²) in [6.07, 6.45) is 1.53. The Labute approximate surface area is 93.7 Å². The molecule has 88 valence electrons. The summed E-state index contributed by atoms with van der Waals surface area (Å²) in [5.74, 6) is -0.364. The van der Waals surface area contributed by atoms with Crippen LogP contribution in [0.1, 0.15) is 24.2 Å². The van der Waals surface area contributed by atoms with Gasteiger partial charge in [0.25, 0.3) is 11.5 Å². The highest BCUT2D eigenvalue weighted by molar-refractivity contribution is 5.94. The molecule has 1 heterocycles. The predicted octanol–water partition coefficient (Wildman–Crippen LogP) is -0.114. The van der Waals surface area contributed by atoms with Gasteiger partial charge >= 0.3 is 0 Å². The van der Waals surface area contributed by atoms with E-state index in [0.717, 1.165) is 0 Å². The number of pyridine rings is 1. The summed E-state index contributed by atoms with van der Waals surface area (Å²) in [6, 6.07) is 2.83. The maximum absolute atomic E-state index is 11.7. The van der Waals surface area contributed by atoms with Crippen LogP contribution in [0.3, 0.4) is 0 Å². The summed E-state index contributed by atoms with van der Waals surface area (Å²) in [7, 11) is 1.61. The van der Waals surface area contributed by atoms with Gasteiger partial charge in [-0.25, -0.2) is 0 Å². The van der Waals surface area contributed by atoms with E-state index >= 15 is 0 Å². The molecule has 1 amide bonds. The van der Waals surface area contributed by atoms with Crippen molar-refractivity contribution >= 4 is 5.91 Å². The second-order valence-electron chi connectivity index (χ2n) is 4.36. The van der Waals surface area contributed by atoms with Crippen molar-refractivity contribution in [2.45, 2.75) is 19.4 Å². The number of aliphatic hydroxyl groups excluding tert-OH is 1. The number of carbonyl (C=O) groups is 1. The van der Waals surface area contributed by atoms with E-state index in [1.807, 2.05) is 0 Å². The molecule has 0 saturated carbocycles. The van der Waals surface area contributed by atoms with Crippen molar-refractivity contribution in [2.75, 3.05) is 6.61 Å². The van der Waals surface area contributed by atoms with Crippen LogP contribution in [0.2, 0.25) is 0 Å². The summed E-state index contributed by atoms with van der Waals surface area (Å²) < 4.78 is 1.38. The average Bonchev–Trinajstić information content (AvgIpc) is 2.21. The molecule has 5 nitrogen and oxygen atoms in total. The Morgan fingerprint density at radius 2 is 2.19 bits per heavy atom. The van der Waals surface area contributed by atoms with Gasteiger partial charge < -0.3 is 15.0 Å². The van der Waals surface area contributed by atoms with E-state index in [9.17, 15) is 9.59 Å². The minimum atomic E-state index is -0.696. The molecule has 0 aliphatic heterocycles. The predicted molar refractivity (Wildman–Crippen MR) is 60.3 cm³/mol. The number of aryl methyl sites for hydroxylation is 1. The second kappa shape index (κ2) is 4.49. The van der Waals surface area contributed by atoms with Crippen LogP contribution in [0, 0.1) is 0 Å². The number of aromatic nitrogens is 1. The number of aliphatic hydroxyl groups is 1. The fourth-order valence-corrected chi connectivity index (χ4v) is 1.11. The average molecular weight is 224 g/mol. The van der Waals surface area contributed by atoms with Gasteiger partial charge in [-0.1, -0.05) is 0 Å². The summed E-state index contributed by atoms with van der Waals surface area (Å²) in [5, 5.41) is 11.6. The van der Waals surface area contributed by atoms with E-state index in [0.29, 0.717) is 5.56 Å². The fraction of sp³-hybridized carbons (Fsp3) is 0.455. The largest absolute Gasteiger partial charge is 0.394 e. The molecule has 0 spiro atoms. The maximum atomic E-state index is 11.7. The first kappa shape index (κ1) is 12.4. The zero-order chi connectivity index (χ0) is 12.3. The Bertz CT molecular complexity index is 449. The number of rotatable bonds is 3. The van der Waals surface area contributed by atoms with Gasteiger partial charge in [0.05, 0.1) is 12.1 Å². The molecular weight excluding hydrogens is 208 g/mol. The Hall–Kier alpha value is -1.62. The molecule has 5 heteroatoms. The first-order valence-electron chi connectivity index (χ1n) is 4.96. The third-order valence-corrected chi connectivity index (χ3v) is 2.21. The van der Waals surface area contributed by atoms with Crippen LogP contribution in [0.25, 0.3) is 0 Å². The summed E-state index contributed by atoms with van der Waals surface area (Å²) in [4.78, 5) is 23.0. The van der Waals surface area contributed by atoms with Crippen LogP contribution in [0.5, 0.6) is 0 Å². The minimum Gasteiger partial charge on any atom is -0.394 e. The van der Waals surface area contributed by atoms with Crippen molar-refractivity contribution in [3.8, 4) is 0 Å². The van der Waals surface area contributed by atoms with Crippen molar-refractivity contribution in [1.29, 1.82) is 0 Å². The lowest BCUT2D eigenvalue weighted by Gasteiger charge is -2.23. The Morgan fingerprint density at radius 1 is 1.56 bits per heavy atom. The molecule has 0 bridgehead atoms. The maximum Gasteiger partial charge on any atom is 0.252 e. The topological polar surface area (TPSA) is 71.3 Å². The van der Waals surface area contributed by atoms with Crippen molar-refractivity contribution in [3.63, 3.8) is 0 Å². The smallest absolute Gasteiger partial charge is 0.252 e. The number of carbonyl (C=O) groups excluding carboxylic acids is 1. The van der Waals surface area contributed by atoms with E-state index in [2.05, 4.69) is 5.32 Å². The van der Waals surface area contributed by atoms with Gasteiger partial charge in [-0.3, -0.25) is 9.59 Å². The van der Waals surface area contributed by atoms with Gasteiger partial charge in [-0.05, 0) is 19.9 Å². The van der Waals surface area contributed by atoms with E-state index in [1.54, 1.807) is 27.0 Å². The van der Waals surface area contributed by atoms with Crippen LogP contribution in [0.15, 0.2) is 23.1 Å². The molecular formula is C11H16N2O3. The molecule has 0 saturated heterocycles. The van der Waals surface area contributed by atoms with Crippen LogP contribution in [0.4, 0.5) is 0 Å². The summed E-state index contributed by atoms with van der Waals surface area (Å²) in [5.41, 5.74) is -0.642. The standard InChI is InChI=1S/C11H16N2O3/c1-11(2,7-14)12-10(16)8-4-5-13(3)9(15)6-8/h4-6,14H,7H2,1-3H3,(H,12,16). The van der Waals surface area contributed by atoms with Gasteiger partial charge in [0.2, 0.25) is 0 Å². The molecule has 0 radical (unpaired) electrons. The van der Waals surface area contributed by atoms with E-state index in [-0.39, 0.29) is 18.1 Å². The molecule has 0 fully saturated rings. The normalized spacial score (nSPS) is 11.2. The number of nitrogens with zero attached hydrogens (tertiary/aromatic N) is 1. The third kappa shape index (κ3) is 2.93. The molecule has 0 unspecified atom stereocenters. The molecule has 1 aromatic heterocycles. The highest BCUT2D eigenvalue weighted by Crippen LogP contribution is 2.03. The molecule has 0 aliphatic carbocycles. The zero-order valence-electron chi connectivity index (χ0n) is 9.65. The van der Waals surface area contributed by atoms with Crippen molar-refractivity contribution in [1.82, 2.24) is 9.88 Å². The summed E-state index contributed by atoms with van der Waals surface area (Å²) in [6.45, 7) is 3.24. The molecule has 16 heavy (non-hydrogen) atoms. The molecule has 0 atom stereocenters. The van der Waals surface area contributed by atoms with E-state index < -0.39 is 5.54 Å². The van der Waals surface area contributed by atoms with E-state index in [1.165, 1.54) is 16.8 Å². The van der Waals surface area contributed by atoms with Gasteiger partial charge in [0, 0.05) is 24.9 Å². The molecule has 2 N–H and O–H groups in total. The van der Waals surface area contributed by atoms with Crippen molar-refractivity contribution in [2.24, 2.45) is 7.05 Å². The van der Waals surface area contributed by atoms with Crippen LogP contribution in [-0.2, 0) is 7.05 Å². The monoisotopic (exact) mass is 224 g/mol. The third-order valence-electron chi connectivity index (χ3n) is 2.21. The van der Waals surface area contributed by atoms with E-state index in [4.69, 9.17) is 5.11 Å². The lowest BCUT2D eigenvalue weighted by Crippen LogP contribution is -2.46. The highest BCUT2D eigenvalue weighted by Gasteiger charge is 2.20. The molecule has 0 aliphatic rings. The number of amides is 1. The fourth-order valence-electron chi connectivity index (χ4n) is 1.11. The Balaban J connectivity index is 2.90. The number of hydrogen-bond acceptors (Lipinski definition) is 3. The first-order valence-corrected chi connectivity index (χ1v) is 4.96. The molecule has 0 aromatic carbocycles. The number of nitrogens with one attached hydrogen (secondary N) is 1. The number of hydrogen-bond donors (Lipinski definition) is 2. The van der Waals surface area contributed by atoms with Crippen LogP contribution in [-0.4, -0.2) is 27.7 Å². The zero-order valence-corrected chi connectivity index (χ0v) is 9.65. The first-order chi connectivity index (χ1) is 7.35. The van der Waals surface area contributed by atoms with Crippen molar-refractivity contribution in [3.05, 3.63) is 34.2 Å². The molecule has 1 aromatic rings. The molecule has 1 rings (SSSR count). The summed E-state index contributed by atoms with van der Waals surface area (Å²) >= 11 is 0. The quantitative estimate of drug-likeness (QED) is 0.752. The second-order valence-corrected chi connectivity index (χ2v) is 4.36. The lowest BCUT2D eigenvalue weighted by molar-refractivity contribution is 0.0869. The van der Waals surface area contributed by atoms with Crippen LogP contribution < -0.4 is 10.9 Å². The Morgan fingerprint density at radius 3 is 2.69 bits per heavy atom. The minimum absolute atomic E-state index is 0.163. The van der Waals surface area contributed by atoms with Gasteiger partial charge in [0.1, 0.15) is 0 Å².